The van der Waals surface area contributed by atoms with E-state index in [0.717, 1.165) is 12.1 Å². The molecule has 0 radical (unpaired) electrons. The van der Waals surface area contributed by atoms with Crippen molar-refractivity contribution < 1.29 is 31.9 Å². The Balaban J connectivity index is 1.45. The van der Waals surface area contributed by atoms with Crippen molar-refractivity contribution in [1.82, 2.24) is 9.80 Å². The molecule has 0 unspecified atom stereocenters. The van der Waals surface area contributed by atoms with E-state index in [1.807, 2.05) is 0 Å². The van der Waals surface area contributed by atoms with E-state index in [4.69, 9.17) is 10.5 Å². The topological polar surface area (TPSA) is 75.9 Å². The van der Waals surface area contributed by atoms with E-state index in [1.54, 1.807) is 4.90 Å². The van der Waals surface area contributed by atoms with Gasteiger partial charge in [-0.25, -0.2) is 9.18 Å². The zero-order valence-electron chi connectivity index (χ0n) is 14.3. The molecule has 3 amide bonds. The summed E-state index contributed by atoms with van der Waals surface area (Å²) in [6.45, 7) is 1.19. The van der Waals surface area contributed by atoms with Gasteiger partial charge in [0.1, 0.15) is 5.82 Å². The van der Waals surface area contributed by atoms with Crippen LogP contribution in [0.4, 0.5) is 22.4 Å². The number of benzene rings is 1. The molecule has 148 valence electrons. The van der Waals surface area contributed by atoms with Crippen molar-refractivity contribution in [3.8, 4) is 0 Å². The number of urea groups is 1. The summed E-state index contributed by atoms with van der Waals surface area (Å²) in [6.07, 6.45) is -4.37. The second kappa shape index (κ2) is 7.34. The molecule has 0 aliphatic carbocycles. The average Bonchev–Trinajstić information content (AvgIpc) is 3.03. The number of carbonyl (C=O) groups is 2. The molecule has 6 nitrogen and oxygen atoms in total. The minimum absolute atomic E-state index is 0.0246. The number of carbonyl (C=O) groups excluding carboxylic acids is 2. The van der Waals surface area contributed by atoms with Crippen LogP contribution in [0.2, 0.25) is 0 Å². The van der Waals surface area contributed by atoms with Gasteiger partial charge in [-0.05, 0) is 18.6 Å². The highest BCUT2D eigenvalue weighted by molar-refractivity contribution is 5.80. The van der Waals surface area contributed by atoms with Crippen molar-refractivity contribution in [2.45, 2.75) is 25.3 Å². The highest BCUT2D eigenvalue weighted by Crippen LogP contribution is 2.30. The molecular weight excluding hydrogens is 370 g/mol. The number of rotatable bonds is 4. The first-order valence-electron chi connectivity index (χ1n) is 8.45. The van der Waals surface area contributed by atoms with Crippen LogP contribution < -0.4 is 5.73 Å². The highest BCUT2D eigenvalue weighted by atomic mass is 19.4. The van der Waals surface area contributed by atoms with Gasteiger partial charge in [0.25, 0.3) is 0 Å². The van der Waals surface area contributed by atoms with E-state index < -0.39 is 23.5 Å². The van der Waals surface area contributed by atoms with Crippen LogP contribution in [0.25, 0.3) is 0 Å². The highest BCUT2D eigenvalue weighted by Gasteiger charge is 2.38. The molecule has 2 saturated heterocycles. The Hall–Kier alpha value is -2.36. The summed E-state index contributed by atoms with van der Waals surface area (Å²) in [6, 6.07) is 2.09. The fraction of sp³-hybridized carbons (Fsp3) is 0.529. The quantitative estimate of drug-likeness (QED) is 0.800. The Kier molecular flexibility index (Phi) is 5.27. The smallest absolute Gasteiger partial charge is 0.370 e. The second-order valence-electron chi connectivity index (χ2n) is 6.76. The number of nitrogens with two attached hydrogens (primary N) is 1. The third-order valence-corrected chi connectivity index (χ3v) is 4.83. The van der Waals surface area contributed by atoms with Gasteiger partial charge in [-0.1, -0.05) is 6.07 Å². The first-order chi connectivity index (χ1) is 12.6. The zero-order valence-corrected chi connectivity index (χ0v) is 14.3. The van der Waals surface area contributed by atoms with Crippen LogP contribution in [0.3, 0.4) is 0 Å². The molecule has 2 aliphatic heterocycles. The Morgan fingerprint density at radius 2 is 1.89 bits per heavy atom. The maximum absolute atomic E-state index is 13.8. The van der Waals surface area contributed by atoms with Gasteiger partial charge in [0.2, 0.25) is 5.91 Å². The van der Waals surface area contributed by atoms with Gasteiger partial charge in [0, 0.05) is 18.7 Å². The molecule has 1 aromatic rings. The second-order valence-corrected chi connectivity index (χ2v) is 6.76. The maximum Gasteiger partial charge on any atom is 0.416 e. The van der Waals surface area contributed by atoms with Gasteiger partial charge in [-0.15, -0.1) is 0 Å². The lowest BCUT2D eigenvalue weighted by molar-refractivity contribution is -0.137. The molecule has 2 aliphatic rings. The van der Waals surface area contributed by atoms with E-state index in [9.17, 15) is 27.2 Å². The first-order valence-corrected chi connectivity index (χ1v) is 8.45. The fourth-order valence-corrected chi connectivity index (χ4v) is 3.11. The Morgan fingerprint density at radius 3 is 2.44 bits per heavy atom. The molecule has 10 heteroatoms. The van der Waals surface area contributed by atoms with Crippen molar-refractivity contribution in [3.05, 3.63) is 35.1 Å². The third-order valence-electron chi connectivity index (χ3n) is 4.83. The molecule has 1 aromatic carbocycles. The number of nitrogens with zero attached hydrogens (tertiary/aromatic N) is 2. The number of ether oxygens (including phenoxy) is 1. The molecule has 2 fully saturated rings. The van der Waals surface area contributed by atoms with Crippen LogP contribution in [0, 0.1) is 11.7 Å². The fourth-order valence-electron chi connectivity index (χ4n) is 3.11. The van der Waals surface area contributed by atoms with Crippen molar-refractivity contribution in [2.24, 2.45) is 11.7 Å². The molecule has 0 bridgehead atoms. The number of alkyl halides is 3. The van der Waals surface area contributed by atoms with Gasteiger partial charge >= 0.3 is 12.2 Å². The SMILES string of the molecule is NC(=O)[C@H]1CCN(C(=O)N2CC(OCc3ccc(C(F)(F)F)cc3F)C2)C1. The molecular formula is C17H19F4N3O3. The summed E-state index contributed by atoms with van der Waals surface area (Å²) in [4.78, 5) is 26.5. The van der Waals surface area contributed by atoms with Crippen LogP contribution >= 0.6 is 0 Å². The summed E-state index contributed by atoms with van der Waals surface area (Å²) in [7, 11) is 0. The first kappa shape index (κ1) is 19.4. The molecule has 0 saturated carbocycles. The van der Waals surface area contributed by atoms with Crippen LogP contribution in [0.15, 0.2) is 18.2 Å². The van der Waals surface area contributed by atoms with Gasteiger partial charge in [-0.3, -0.25) is 4.79 Å². The monoisotopic (exact) mass is 389 g/mol. The summed E-state index contributed by atoms with van der Waals surface area (Å²) < 4.78 is 56.8. The number of primary amides is 1. The molecule has 1 atom stereocenters. The lowest BCUT2D eigenvalue weighted by Crippen LogP contribution is -2.58. The van der Waals surface area contributed by atoms with E-state index >= 15 is 0 Å². The van der Waals surface area contributed by atoms with Crippen LogP contribution in [0.5, 0.6) is 0 Å². The minimum atomic E-state index is -4.60. The largest absolute Gasteiger partial charge is 0.416 e. The molecule has 27 heavy (non-hydrogen) atoms. The van der Waals surface area contributed by atoms with Gasteiger partial charge in [0.05, 0.1) is 37.3 Å². The lowest BCUT2D eigenvalue weighted by atomic mass is 10.1. The maximum atomic E-state index is 13.8. The number of amides is 3. The molecule has 2 heterocycles. The van der Waals surface area contributed by atoms with Crippen molar-refractivity contribution >= 4 is 11.9 Å². The number of hydrogen-bond acceptors (Lipinski definition) is 3. The normalized spacial score (nSPS) is 20.7. The molecule has 2 N–H and O–H groups in total. The predicted octanol–water partition coefficient (Wildman–Crippen LogP) is 1.97. The summed E-state index contributed by atoms with van der Waals surface area (Å²) in [5, 5.41) is 0. The standard InChI is InChI=1S/C17H19F4N3O3/c18-14-5-12(17(19,20)21)2-1-11(14)9-27-13-7-24(8-13)16(26)23-4-3-10(6-23)15(22)25/h1-2,5,10,13H,3-4,6-9H2,(H2,22,25)/t10-/m0/s1. The van der Waals surface area contributed by atoms with Gasteiger partial charge in [-0.2, -0.15) is 13.2 Å². The Bertz CT molecular complexity index is 735. The Labute approximate surface area is 152 Å². The van der Waals surface area contributed by atoms with Gasteiger partial charge in [0.15, 0.2) is 0 Å². The van der Waals surface area contributed by atoms with Crippen molar-refractivity contribution in [3.63, 3.8) is 0 Å². The molecule has 0 spiro atoms. The van der Waals surface area contributed by atoms with Crippen molar-refractivity contribution in [1.29, 1.82) is 0 Å². The van der Waals surface area contributed by atoms with Gasteiger partial charge < -0.3 is 20.3 Å². The third kappa shape index (κ3) is 4.32. The average molecular weight is 389 g/mol. The van der Waals surface area contributed by atoms with E-state index in [2.05, 4.69) is 0 Å². The summed E-state index contributed by atoms with van der Waals surface area (Å²) >= 11 is 0. The number of halogens is 4. The van der Waals surface area contributed by atoms with Crippen LogP contribution in [0.1, 0.15) is 17.5 Å². The predicted molar refractivity (Wildman–Crippen MR) is 85.8 cm³/mol. The van der Waals surface area contributed by atoms with E-state index in [-0.39, 0.29) is 30.2 Å². The van der Waals surface area contributed by atoms with Crippen molar-refractivity contribution in [2.75, 3.05) is 26.2 Å². The molecule has 3 rings (SSSR count). The van der Waals surface area contributed by atoms with Crippen LogP contribution in [-0.2, 0) is 22.3 Å². The number of hydrogen-bond donors (Lipinski definition) is 1. The minimum Gasteiger partial charge on any atom is -0.370 e. The van der Waals surface area contributed by atoms with E-state index in [1.165, 1.54) is 4.90 Å². The van der Waals surface area contributed by atoms with E-state index in [0.29, 0.717) is 38.7 Å². The number of likely N-dealkylation sites (tertiary alicyclic amines) is 2. The summed E-state index contributed by atoms with van der Waals surface area (Å²) in [5.74, 6) is -1.73. The Morgan fingerprint density at radius 1 is 1.19 bits per heavy atom. The lowest BCUT2D eigenvalue weighted by Gasteiger charge is -2.40. The summed E-state index contributed by atoms with van der Waals surface area (Å²) in [5.41, 5.74) is 4.21. The zero-order chi connectivity index (χ0) is 19.8. The molecule has 0 aromatic heterocycles. The van der Waals surface area contributed by atoms with Crippen LogP contribution in [-0.4, -0.2) is 54.0 Å².